The summed E-state index contributed by atoms with van der Waals surface area (Å²) in [5.41, 5.74) is 6.57. The van der Waals surface area contributed by atoms with Crippen molar-refractivity contribution >= 4 is 36.7 Å². The number of ether oxygens (including phenoxy) is 2. The minimum atomic E-state index is -1.47. The molecule has 0 aliphatic rings. The van der Waals surface area contributed by atoms with Gasteiger partial charge in [-0.3, -0.25) is 4.68 Å². The van der Waals surface area contributed by atoms with Gasteiger partial charge in [-0.1, -0.05) is 32.5 Å². The SMILES string of the molecule is CC[C@](C)(COc1cc(Nc2ncc3cc(C#C[Si](C)(C)C)ccc3n2)cc(-c2cnn(C)c2)c1)NC(=O)OC(C)(C)C. The standard InChI is InChI=1S/C33H42N6O3Si/c1-10-33(5,38-31(40)42-32(2,3)4)22-41-28-17-24(26-20-35-39(6)21-26)16-27(18-28)36-30-34-19-25-15-23(11-12-29(25)37-30)13-14-43(7,8)9/h11-12,15-21H,10,22H2,1-9H3,(H,38,40)(H,34,36,37)/t33-/m1/s1. The fourth-order valence-corrected chi connectivity index (χ4v) is 4.59. The fraction of sp³-hybridized carbons (Fsp3) is 0.394. The summed E-state index contributed by atoms with van der Waals surface area (Å²) < 4.78 is 13.5. The van der Waals surface area contributed by atoms with Crippen LogP contribution in [0.15, 0.2) is 55.0 Å². The van der Waals surface area contributed by atoms with Gasteiger partial charge in [0.2, 0.25) is 5.95 Å². The van der Waals surface area contributed by atoms with E-state index in [1.54, 1.807) is 10.9 Å². The minimum absolute atomic E-state index is 0.244. The molecule has 2 aromatic carbocycles. The Kier molecular flexibility index (Phi) is 9.16. The largest absolute Gasteiger partial charge is 0.491 e. The molecular weight excluding hydrogens is 556 g/mol. The van der Waals surface area contributed by atoms with E-state index < -0.39 is 25.3 Å². The quantitative estimate of drug-likeness (QED) is 0.165. The molecule has 2 N–H and O–H groups in total. The number of nitrogens with one attached hydrogen (secondary N) is 2. The van der Waals surface area contributed by atoms with Crippen molar-refractivity contribution in [3.8, 4) is 28.3 Å². The van der Waals surface area contributed by atoms with Crippen LogP contribution in [0, 0.1) is 11.5 Å². The van der Waals surface area contributed by atoms with Crippen molar-refractivity contribution in [2.24, 2.45) is 7.05 Å². The molecule has 2 heterocycles. The van der Waals surface area contributed by atoms with Gasteiger partial charge in [-0.2, -0.15) is 5.10 Å². The van der Waals surface area contributed by atoms with Crippen molar-refractivity contribution in [2.75, 3.05) is 11.9 Å². The lowest BCUT2D eigenvalue weighted by Gasteiger charge is -2.31. The summed E-state index contributed by atoms with van der Waals surface area (Å²) in [4.78, 5) is 21.8. The van der Waals surface area contributed by atoms with E-state index in [0.717, 1.165) is 33.3 Å². The summed E-state index contributed by atoms with van der Waals surface area (Å²) in [5.74, 6) is 4.39. The summed E-state index contributed by atoms with van der Waals surface area (Å²) in [7, 11) is 0.409. The van der Waals surface area contributed by atoms with Crippen molar-refractivity contribution in [3.63, 3.8) is 0 Å². The number of benzene rings is 2. The first-order valence-corrected chi connectivity index (χ1v) is 17.9. The third kappa shape index (κ3) is 9.31. The second-order valence-electron chi connectivity index (χ2n) is 13.1. The lowest BCUT2D eigenvalue weighted by Crippen LogP contribution is -2.51. The highest BCUT2D eigenvalue weighted by atomic mass is 28.3. The van der Waals surface area contributed by atoms with Gasteiger partial charge < -0.3 is 20.1 Å². The second kappa shape index (κ2) is 12.5. The highest BCUT2D eigenvalue weighted by molar-refractivity contribution is 6.83. The Balaban J connectivity index is 1.58. The first kappa shape index (κ1) is 31.6. The number of carbonyl (C=O) groups is 1. The van der Waals surface area contributed by atoms with Crippen LogP contribution in [0.1, 0.15) is 46.6 Å². The summed E-state index contributed by atoms with van der Waals surface area (Å²) in [6.45, 7) is 16.4. The van der Waals surface area contributed by atoms with Crippen LogP contribution in [0.5, 0.6) is 5.75 Å². The molecule has 226 valence electrons. The summed E-state index contributed by atoms with van der Waals surface area (Å²) in [6.07, 6.45) is 5.73. The van der Waals surface area contributed by atoms with E-state index in [9.17, 15) is 4.79 Å². The number of hydrogen-bond donors (Lipinski definition) is 2. The molecule has 0 radical (unpaired) electrons. The first-order valence-electron chi connectivity index (χ1n) is 14.4. The molecule has 0 bridgehead atoms. The zero-order valence-electron chi connectivity index (χ0n) is 26.6. The molecular formula is C33H42N6O3Si. The maximum atomic E-state index is 12.5. The van der Waals surface area contributed by atoms with Crippen LogP contribution in [0.4, 0.5) is 16.4 Å². The van der Waals surface area contributed by atoms with Crippen LogP contribution in [0.3, 0.4) is 0 Å². The van der Waals surface area contributed by atoms with Gasteiger partial charge in [0.05, 0.1) is 17.3 Å². The Labute approximate surface area is 255 Å². The Morgan fingerprint density at radius 1 is 1.05 bits per heavy atom. The van der Waals surface area contributed by atoms with Gasteiger partial charge in [-0.15, -0.1) is 5.54 Å². The maximum Gasteiger partial charge on any atom is 0.408 e. The van der Waals surface area contributed by atoms with E-state index in [2.05, 4.69) is 51.8 Å². The molecule has 4 rings (SSSR count). The van der Waals surface area contributed by atoms with E-state index in [4.69, 9.17) is 14.5 Å². The number of aromatic nitrogens is 4. The predicted molar refractivity (Wildman–Crippen MR) is 175 cm³/mol. The summed E-state index contributed by atoms with van der Waals surface area (Å²) in [6, 6.07) is 11.8. The van der Waals surface area contributed by atoms with Crippen LogP contribution >= 0.6 is 0 Å². The molecule has 9 nitrogen and oxygen atoms in total. The predicted octanol–water partition coefficient (Wildman–Crippen LogP) is 7.08. The Morgan fingerprint density at radius 2 is 1.81 bits per heavy atom. The Hall–Kier alpha value is -4.36. The molecule has 43 heavy (non-hydrogen) atoms. The first-order chi connectivity index (χ1) is 20.1. The molecule has 1 atom stereocenters. The smallest absolute Gasteiger partial charge is 0.408 e. The van der Waals surface area contributed by atoms with Crippen molar-refractivity contribution in [3.05, 3.63) is 60.6 Å². The zero-order chi connectivity index (χ0) is 31.4. The number of rotatable bonds is 8. The summed E-state index contributed by atoms with van der Waals surface area (Å²) >= 11 is 0. The molecule has 0 unspecified atom stereocenters. The number of nitrogens with zero attached hydrogens (tertiary/aromatic N) is 4. The fourth-order valence-electron chi connectivity index (χ4n) is 4.07. The molecule has 0 spiro atoms. The summed E-state index contributed by atoms with van der Waals surface area (Å²) in [5, 5.41) is 11.6. The second-order valence-corrected chi connectivity index (χ2v) is 17.8. The lowest BCUT2D eigenvalue weighted by atomic mass is 10.0. The van der Waals surface area contributed by atoms with Crippen molar-refractivity contribution in [1.82, 2.24) is 25.1 Å². The highest BCUT2D eigenvalue weighted by Crippen LogP contribution is 2.31. The van der Waals surface area contributed by atoms with E-state index in [1.807, 2.05) is 90.5 Å². The third-order valence-corrected chi connectivity index (χ3v) is 7.38. The topological polar surface area (TPSA) is 103 Å². The maximum absolute atomic E-state index is 12.5. The van der Waals surface area contributed by atoms with Crippen LogP contribution in [-0.4, -0.2) is 51.7 Å². The highest BCUT2D eigenvalue weighted by Gasteiger charge is 2.28. The van der Waals surface area contributed by atoms with Gasteiger partial charge in [0, 0.05) is 47.7 Å². The van der Waals surface area contributed by atoms with E-state index in [1.165, 1.54) is 0 Å². The average molecular weight is 599 g/mol. The van der Waals surface area contributed by atoms with Crippen LogP contribution in [-0.2, 0) is 11.8 Å². The molecule has 0 aliphatic carbocycles. The van der Waals surface area contributed by atoms with E-state index in [-0.39, 0.29) is 6.61 Å². The van der Waals surface area contributed by atoms with Crippen molar-refractivity contribution < 1.29 is 14.3 Å². The van der Waals surface area contributed by atoms with Crippen LogP contribution in [0.2, 0.25) is 19.6 Å². The molecule has 1 amide bonds. The van der Waals surface area contributed by atoms with Gasteiger partial charge in [0.15, 0.2) is 0 Å². The normalized spacial score (nSPS) is 13.0. The number of aryl methyl sites for hydroxylation is 1. The minimum Gasteiger partial charge on any atom is -0.491 e. The Bertz CT molecular complexity index is 1680. The average Bonchev–Trinajstić information content (AvgIpc) is 3.35. The van der Waals surface area contributed by atoms with Gasteiger partial charge >= 0.3 is 6.09 Å². The molecule has 2 aromatic heterocycles. The molecule has 0 fully saturated rings. The Morgan fingerprint density at radius 3 is 2.47 bits per heavy atom. The number of fused-ring (bicyclic) bond motifs is 1. The number of anilines is 2. The number of amides is 1. The van der Waals surface area contributed by atoms with Crippen LogP contribution in [0.25, 0.3) is 22.0 Å². The third-order valence-electron chi connectivity index (χ3n) is 6.50. The van der Waals surface area contributed by atoms with E-state index in [0.29, 0.717) is 18.1 Å². The van der Waals surface area contributed by atoms with E-state index >= 15 is 0 Å². The molecule has 0 saturated heterocycles. The number of carbonyl (C=O) groups excluding carboxylic acids is 1. The lowest BCUT2D eigenvalue weighted by molar-refractivity contribution is 0.0423. The van der Waals surface area contributed by atoms with Crippen LogP contribution < -0.4 is 15.4 Å². The zero-order valence-corrected chi connectivity index (χ0v) is 27.6. The number of alkyl carbamates (subject to hydrolysis) is 1. The molecule has 10 heteroatoms. The van der Waals surface area contributed by atoms with Gasteiger partial charge in [0.25, 0.3) is 0 Å². The van der Waals surface area contributed by atoms with Crippen molar-refractivity contribution in [2.45, 2.75) is 71.8 Å². The monoisotopic (exact) mass is 598 g/mol. The molecule has 0 saturated carbocycles. The molecule has 0 aliphatic heterocycles. The van der Waals surface area contributed by atoms with Gasteiger partial charge in [-0.05, 0) is 70.0 Å². The van der Waals surface area contributed by atoms with Gasteiger partial charge in [0.1, 0.15) is 26.0 Å². The number of hydrogen-bond acceptors (Lipinski definition) is 7. The van der Waals surface area contributed by atoms with Gasteiger partial charge in [-0.25, -0.2) is 14.8 Å². The molecule has 4 aromatic rings. The van der Waals surface area contributed by atoms with Crippen molar-refractivity contribution in [1.29, 1.82) is 0 Å².